The van der Waals surface area contributed by atoms with Crippen molar-refractivity contribution in [2.45, 2.75) is 45.4 Å². The fraction of sp³-hybridized carbons (Fsp3) is 0.750. The summed E-state index contributed by atoms with van der Waals surface area (Å²) in [5, 5.41) is 3.74. The van der Waals surface area contributed by atoms with Crippen molar-refractivity contribution in [2.24, 2.45) is 11.8 Å². The molecule has 2 amide bonds. The third-order valence-corrected chi connectivity index (χ3v) is 7.90. The van der Waals surface area contributed by atoms with Crippen LogP contribution in [0.1, 0.15) is 38.1 Å². The van der Waals surface area contributed by atoms with Crippen LogP contribution in [0.3, 0.4) is 0 Å². The topological polar surface area (TPSA) is 113 Å². The summed E-state index contributed by atoms with van der Waals surface area (Å²) in [4.78, 5) is 28.5. The van der Waals surface area contributed by atoms with Crippen LogP contribution < -0.4 is 0 Å². The maximum absolute atomic E-state index is 12.9. The zero-order valence-electron chi connectivity index (χ0n) is 18.7. The van der Waals surface area contributed by atoms with Crippen LogP contribution in [0, 0.1) is 25.7 Å². The van der Waals surface area contributed by atoms with E-state index in [9.17, 15) is 18.0 Å². The summed E-state index contributed by atoms with van der Waals surface area (Å²) < 4.78 is 37.6. The van der Waals surface area contributed by atoms with Gasteiger partial charge in [-0.05, 0) is 32.6 Å². The standard InChI is InChI=1S/C20H32N4O6S/c1-14(2)13-29-20(26)23-11-9-22(10-12-23)19(25)17-5-7-24(8-6-17)31(27,28)18-15(3)21-30-16(18)4/h14,17H,5-13H2,1-4H3. The number of nitrogens with zero attached hydrogens (tertiary/aromatic N) is 4. The number of piperidine rings is 1. The van der Waals surface area contributed by atoms with E-state index >= 15 is 0 Å². The molecule has 1 aromatic heterocycles. The maximum Gasteiger partial charge on any atom is 0.409 e. The molecule has 0 aliphatic carbocycles. The molecule has 1 aromatic rings. The van der Waals surface area contributed by atoms with E-state index in [4.69, 9.17) is 9.26 Å². The Labute approximate surface area is 183 Å². The van der Waals surface area contributed by atoms with E-state index in [1.807, 2.05) is 13.8 Å². The second-order valence-corrected chi connectivity index (χ2v) is 10.5. The Morgan fingerprint density at radius 1 is 1.06 bits per heavy atom. The average molecular weight is 457 g/mol. The Bertz CT molecular complexity index is 877. The fourth-order valence-electron chi connectivity index (χ4n) is 4.01. The third kappa shape index (κ3) is 5.20. The normalized spacial score (nSPS) is 19.1. The summed E-state index contributed by atoms with van der Waals surface area (Å²) >= 11 is 0. The lowest BCUT2D eigenvalue weighted by Crippen LogP contribution is -2.53. The number of rotatable bonds is 5. The smallest absolute Gasteiger partial charge is 0.409 e. The van der Waals surface area contributed by atoms with Gasteiger partial charge < -0.3 is 19.1 Å². The van der Waals surface area contributed by atoms with E-state index < -0.39 is 10.0 Å². The average Bonchev–Trinajstić information content (AvgIpc) is 3.10. The number of hydrogen-bond acceptors (Lipinski definition) is 7. The van der Waals surface area contributed by atoms with Crippen LogP contribution in [-0.4, -0.2) is 85.6 Å². The highest BCUT2D eigenvalue weighted by molar-refractivity contribution is 7.89. The van der Waals surface area contributed by atoms with E-state index in [0.717, 1.165) is 0 Å². The molecule has 0 bridgehead atoms. The lowest BCUT2D eigenvalue weighted by atomic mass is 9.96. The van der Waals surface area contributed by atoms with Crippen LogP contribution in [0.15, 0.2) is 9.42 Å². The van der Waals surface area contributed by atoms with Gasteiger partial charge in [0.25, 0.3) is 0 Å². The quantitative estimate of drug-likeness (QED) is 0.662. The minimum absolute atomic E-state index is 0.0320. The molecule has 11 heteroatoms. The monoisotopic (exact) mass is 456 g/mol. The van der Waals surface area contributed by atoms with Gasteiger partial charge in [-0.2, -0.15) is 4.31 Å². The van der Waals surface area contributed by atoms with Crippen molar-refractivity contribution in [3.63, 3.8) is 0 Å². The van der Waals surface area contributed by atoms with Gasteiger partial charge in [0, 0.05) is 45.2 Å². The Hall–Kier alpha value is -2.14. The van der Waals surface area contributed by atoms with Crippen LogP contribution in [0.4, 0.5) is 4.79 Å². The van der Waals surface area contributed by atoms with E-state index in [1.54, 1.807) is 23.6 Å². The van der Waals surface area contributed by atoms with Crippen LogP contribution >= 0.6 is 0 Å². The number of piperazine rings is 1. The summed E-state index contributed by atoms with van der Waals surface area (Å²) in [6.07, 6.45) is 0.606. The molecule has 3 rings (SSSR count). The molecule has 0 unspecified atom stereocenters. The molecule has 3 heterocycles. The number of hydrogen-bond donors (Lipinski definition) is 0. The number of ether oxygens (including phenoxy) is 1. The molecular formula is C20H32N4O6S. The van der Waals surface area contributed by atoms with Crippen molar-refractivity contribution in [1.82, 2.24) is 19.3 Å². The third-order valence-electron chi connectivity index (χ3n) is 5.76. The van der Waals surface area contributed by atoms with Crippen molar-refractivity contribution in [1.29, 1.82) is 0 Å². The first kappa shape index (κ1) is 23.5. The maximum atomic E-state index is 12.9. The van der Waals surface area contributed by atoms with E-state index in [-0.39, 0.29) is 47.6 Å². The molecule has 0 saturated carbocycles. The fourth-order valence-corrected chi connectivity index (χ4v) is 5.77. The number of amides is 2. The van der Waals surface area contributed by atoms with Gasteiger partial charge >= 0.3 is 6.09 Å². The Kier molecular flexibility index (Phi) is 7.25. The van der Waals surface area contributed by atoms with Gasteiger partial charge in [0.05, 0.1) is 6.61 Å². The van der Waals surface area contributed by atoms with Gasteiger partial charge in [0.1, 0.15) is 10.6 Å². The molecule has 31 heavy (non-hydrogen) atoms. The summed E-state index contributed by atoms with van der Waals surface area (Å²) in [6.45, 7) is 9.93. The second-order valence-electron chi connectivity index (χ2n) is 8.61. The van der Waals surface area contributed by atoms with Gasteiger partial charge in [-0.15, -0.1) is 0 Å². The largest absolute Gasteiger partial charge is 0.449 e. The highest BCUT2D eigenvalue weighted by Crippen LogP contribution is 2.28. The second kappa shape index (κ2) is 9.56. The molecule has 10 nitrogen and oxygen atoms in total. The molecular weight excluding hydrogens is 424 g/mol. The molecule has 2 aliphatic rings. The first-order valence-corrected chi connectivity index (χ1v) is 12.2. The Morgan fingerprint density at radius 3 is 2.16 bits per heavy atom. The van der Waals surface area contributed by atoms with Crippen molar-refractivity contribution < 1.29 is 27.3 Å². The summed E-state index contributed by atoms with van der Waals surface area (Å²) in [5.74, 6) is 0.375. The number of sulfonamides is 1. The zero-order chi connectivity index (χ0) is 22.8. The minimum Gasteiger partial charge on any atom is -0.449 e. The van der Waals surface area contributed by atoms with E-state index in [0.29, 0.717) is 51.3 Å². The highest BCUT2D eigenvalue weighted by atomic mass is 32.2. The lowest BCUT2D eigenvalue weighted by molar-refractivity contribution is -0.138. The van der Waals surface area contributed by atoms with Crippen molar-refractivity contribution in [3.8, 4) is 0 Å². The molecule has 0 aromatic carbocycles. The number of carbonyl (C=O) groups excluding carboxylic acids is 2. The van der Waals surface area contributed by atoms with Crippen molar-refractivity contribution >= 4 is 22.0 Å². The molecule has 0 spiro atoms. The van der Waals surface area contributed by atoms with Gasteiger partial charge in [-0.25, -0.2) is 13.2 Å². The van der Waals surface area contributed by atoms with Crippen LogP contribution in [0.25, 0.3) is 0 Å². The predicted molar refractivity (Wildman–Crippen MR) is 112 cm³/mol. The van der Waals surface area contributed by atoms with Gasteiger partial charge in [0.2, 0.25) is 15.9 Å². The van der Waals surface area contributed by atoms with Crippen LogP contribution in [0.2, 0.25) is 0 Å². The molecule has 2 aliphatic heterocycles. The van der Waals surface area contributed by atoms with Crippen molar-refractivity contribution in [3.05, 3.63) is 11.5 Å². The first-order chi connectivity index (χ1) is 14.6. The van der Waals surface area contributed by atoms with Crippen LogP contribution in [-0.2, 0) is 19.6 Å². The molecule has 2 saturated heterocycles. The highest BCUT2D eigenvalue weighted by Gasteiger charge is 2.37. The first-order valence-electron chi connectivity index (χ1n) is 10.7. The Balaban J connectivity index is 1.50. The molecule has 0 N–H and O–H groups in total. The van der Waals surface area contributed by atoms with Gasteiger partial charge in [-0.3, -0.25) is 4.79 Å². The number of aromatic nitrogens is 1. The SMILES string of the molecule is Cc1noc(C)c1S(=O)(=O)N1CCC(C(=O)N2CCN(C(=O)OCC(C)C)CC2)CC1. The zero-order valence-corrected chi connectivity index (χ0v) is 19.5. The molecule has 2 fully saturated rings. The predicted octanol–water partition coefficient (Wildman–Crippen LogP) is 1.63. The number of carbonyl (C=O) groups is 2. The summed E-state index contributed by atoms with van der Waals surface area (Å²) in [5.41, 5.74) is 0.348. The number of aryl methyl sites for hydroxylation is 2. The lowest BCUT2D eigenvalue weighted by Gasteiger charge is -2.38. The molecule has 174 valence electrons. The molecule has 0 atom stereocenters. The van der Waals surface area contributed by atoms with Gasteiger partial charge in [0.15, 0.2) is 5.76 Å². The summed E-state index contributed by atoms with van der Waals surface area (Å²) in [7, 11) is -3.69. The Morgan fingerprint density at radius 2 is 1.65 bits per heavy atom. The molecule has 0 radical (unpaired) electrons. The van der Waals surface area contributed by atoms with E-state index in [2.05, 4.69) is 5.16 Å². The van der Waals surface area contributed by atoms with Crippen molar-refractivity contribution in [2.75, 3.05) is 45.9 Å². The minimum atomic E-state index is -3.69. The summed E-state index contributed by atoms with van der Waals surface area (Å²) in [6, 6.07) is 0. The van der Waals surface area contributed by atoms with Gasteiger partial charge in [-0.1, -0.05) is 19.0 Å². The van der Waals surface area contributed by atoms with E-state index in [1.165, 1.54) is 4.31 Å². The van der Waals surface area contributed by atoms with Crippen LogP contribution in [0.5, 0.6) is 0 Å².